The molecule has 0 atom stereocenters. The minimum Gasteiger partial charge on any atom is -0.480 e. The first kappa shape index (κ1) is 17.7. The van der Waals surface area contributed by atoms with E-state index in [4.69, 9.17) is 0 Å². The summed E-state index contributed by atoms with van der Waals surface area (Å²) in [5.74, 6) is -0.535. The summed E-state index contributed by atoms with van der Waals surface area (Å²) in [7, 11) is 1.55. The van der Waals surface area contributed by atoms with Gasteiger partial charge in [-0.05, 0) is 26.7 Å². The smallest absolute Gasteiger partial charge is 0.329 e. The molecule has 0 radical (unpaired) electrons. The Morgan fingerprint density at radius 2 is 1.63 bits per heavy atom. The molecule has 112 valence electrons. The summed E-state index contributed by atoms with van der Waals surface area (Å²) in [6, 6.07) is -0.221. The van der Waals surface area contributed by atoms with Crippen molar-refractivity contribution in [2.24, 2.45) is 5.92 Å². The Morgan fingerprint density at radius 1 is 1.16 bits per heavy atom. The summed E-state index contributed by atoms with van der Waals surface area (Å²) in [5, 5.41) is 9.18. The van der Waals surface area contributed by atoms with Crippen molar-refractivity contribution in [3.8, 4) is 0 Å². The van der Waals surface area contributed by atoms with Gasteiger partial charge in [-0.3, -0.25) is 0 Å². The van der Waals surface area contributed by atoms with E-state index < -0.39 is 11.5 Å². The second kappa shape index (κ2) is 7.36. The molecule has 1 N–H and O–H groups in total. The molecule has 0 bridgehead atoms. The molecule has 19 heavy (non-hydrogen) atoms. The van der Waals surface area contributed by atoms with E-state index in [1.165, 1.54) is 18.7 Å². The van der Waals surface area contributed by atoms with E-state index in [9.17, 15) is 14.7 Å². The number of urea groups is 1. The van der Waals surface area contributed by atoms with Crippen LogP contribution in [0, 0.1) is 5.92 Å². The number of hydrogen-bond acceptors (Lipinski definition) is 2. The fourth-order valence-corrected chi connectivity index (χ4v) is 1.80. The molecule has 0 rings (SSSR count). The van der Waals surface area contributed by atoms with Crippen molar-refractivity contribution in [2.45, 2.75) is 53.0 Å². The number of nitrogens with zero attached hydrogens (tertiary/aromatic N) is 2. The molecule has 0 aliphatic rings. The summed E-state index contributed by atoms with van der Waals surface area (Å²) in [6.45, 7) is 10.5. The third kappa shape index (κ3) is 4.40. The molecule has 2 amide bonds. The highest BCUT2D eigenvalue weighted by Crippen LogP contribution is 2.17. The molecule has 0 saturated carbocycles. The Balaban J connectivity index is 4.89. The van der Waals surface area contributed by atoms with E-state index in [0.29, 0.717) is 19.0 Å². The Labute approximate surface area is 116 Å². The predicted octanol–water partition coefficient (Wildman–Crippen LogP) is 2.66. The zero-order chi connectivity index (χ0) is 15.2. The number of hydrogen-bond donors (Lipinski definition) is 1. The predicted molar refractivity (Wildman–Crippen MR) is 76.2 cm³/mol. The minimum absolute atomic E-state index is 0.221. The lowest BCUT2D eigenvalue weighted by atomic mass is 10.0. The molecule has 0 aromatic heterocycles. The van der Waals surface area contributed by atoms with Crippen LogP contribution in [0.4, 0.5) is 4.79 Å². The van der Waals surface area contributed by atoms with E-state index in [1.807, 2.05) is 6.92 Å². The SMILES string of the molecule is CCC(CC)CN(CC)C(=O)N(C)C(C)(C)C(=O)O. The highest BCUT2D eigenvalue weighted by molar-refractivity contribution is 5.85. The van der Waals surface area contributed by atoms with Gasteiger partial charge < -0.3 is 14.9 Å². The zero-order valence-corrected chi connectivity index (χ0v) is 13.1. The maximum Gasteiger partial charge on any atom is 0.329 e. The third-order valence-corrected chi connectivity index (χ3v) is 3.93. The lowest BCUT2D eigenvalue weighted by Gasteiger charge is -2.36. The lowest BCUT2D eigenvalue weighted by Crippen LogP contribution is -2.55. The maximum atomic E-state index is 12.4. The molecular formula is C14H28N2O3. The number of amides is 2. The molecule has 0 aromatic carbocycles. The molecule has 5 nitrogen and oxygen atoms in total. The maximum absolute atomic E-state index is 12.4. The lowest BCUT2D eigenvalue weighted by molar-refractivity contribution is -0.147. The molecular weight excluding hydrogens is 244 g/mol. The standard InChI is InChI=1S/C14H28N2O3/c1-7-11(8-2)10-16(9-3)13(19)15(6)14(4,5)12(17)18/h11H,7-10H2,1-6H3,(H,17,18). The van der Waals surface area contributed by atoms with Gasteiger partial charge in [-0.25, -0.2) is 9.59 Å². The second-order valence-electron chi connectivity index (χ2n) is 5.43. The number of likely N-dealkylation sites (N-methyl/N-ethyl adjacent to an activating group) is 1. The first-order valence-corrected chi connectivity index (χ1v) is 6.98. The Morgan fingerprint density at radius 3 is 1.95 bits per heavy atom. The van der Waals surface area contributed by atoms with Gasteiger partial charge in [0.2, 0.25) is 0 Å². The van der Waals surface area contributed by atoms with Crippen molar-refractivity contribution in [2.75, 3.05) is 20.1 Å². The van der Waals surface area contributed by atoms with Crippen molar-refractivity contribution >= 4 is 12.0 Å². The molecule has 0 saturated heterocycles. The average molecular weight is 272 g/mol. The van der Waals surface area contributed by atoms with E-state index >= 15 is 0 Å². The van der Waals surface area contributed by atoms with Gasteiger partial charge in [-0.1, -0.05) is 26.7 Å². The van der Waals surface area contributed by atoms with Crippen LogP contribution in [0.15, 0.2) is 0 Å². The average Bonchev–Trinajstić information content (AvgIpc) is 2.38. The first-order valence-electron chi connectivity index (χ1n) is 6.98. The van der Waals surface area contributed by atoms with Gasteiger partial charge in [0.15, 0.2) is 0 Å². The molecule has 0 aliphatic heterocycles. The van der Waals surface area contributed by atoms with Crippen molar-refractivity contribution in [3.05, 3.63) is 0 Å². The molecule has 0 spiro atoms. The first-order chi connectivity index (χ1) is 8.72. The monoisotopic (exact) mass is 272 g/mol. The number of carboxylic acid groups (broad SMARTS) is 1. The van der Waals surface area contributed by atoms with Crippen LogP contribution in [-0.4, -0.2) is 52.6 Å². The molecule has 0 fully saturated rings. The largest absolute Gasteiger partial charge is 0.480 e. The van der Waals surface area contributed by atoms with Crippen molar-refractivity contribution in [1.82, 2.24) is 9.80 Å². The number of aliphatic carboxylic acids is 1. The highest BCUT2D eigenvalue weighted by Gasteiger charge is 2.37. The third-order valence-electron chi connectivity index (χ3n) is 3.93. The quantitative estimate of drug-likeness (QED) is 0.775. The highest BCUT2D eigenvalue weighted by atomic mass is 16.4. The number of carbonyl (C=O) groups is 2. The van der Waals surface area contributed by atoms with Crippen LogP contribution < -0.4 is 0 Å². The van der Waals surface area contributed by atoms with E-state index in [-0.39, 0.29) is 6.03 Å². The summed E-state index contributed by atoms with van der Waals surface area (Å²) in [6.07, 6.45) is 2.04. The number of carbonyl (C=O) groups excluding carboxylic acids is 1. The van der Waals surface area contributed by atoms with Gasteiger partial charge in [0, 0.05) is 20.1 Å². The summed E-state index contributed by atoms with van der Waals surface area (Å²) in [5.41, 5.74) is -1.20. The number of rotatable bonds is 7. The molecule has 0 aromatic rings. The normalized spacial score (nSPS) is 11.5. The molecule has 0 unspecified atom stereocenters. The van der Waals surface area contributed by atoms with Gasteiger partial charge in [-0.2, -0.15) is 0 Å². The molecule has 0 heterocycles. The topological polar surface area (TPSA) is 60.9 Å². The van der Waals surface area contributed by atoms with Crippen LogP contribution in [0.3, 0.4) is 0 Å². The van der Waals surface area contributed by atoms with Crippen molar-refractivity contribution < 1.29 is 14.7 Å². The van der Waals surface area contributed by atoms with E-state index in [2.05, 4.69) is 13.8 Å². The van der Waals surface area contributed by atoms with Gasteiger partial charge >= 0.3 is 12.0 Å². The minimum atomic E-state index is -1.20. The summed E-state index contributed by atoms with van der Waals surface area (Å²) in [4.78, 5) is 26.6. The van der Waals surface area contributed by atoms with Gasteiger partial charge in [0.1, 0.15) is 5.54 Å². The molecule has 5 heteroatoms. The van der Waals surface area contributed by atoms with Gasteiger partial charge in [-0.15, -0.1) is 0 Å². The summed E-state index contributed by atoms with van der Waals surface area (Å²) < 4.78 is 0. The summed E-state index contributed by atoms with van der Waals surface area (Å²) >= 11 is 0. The van der Waals surface area contributed by atoms with Gasteiger partial charge in [0.25, 0.3) is 0 Å². The van der Waals surface area contributed by atoms with Crippen LogP contribution >= 0.6 is 0 Å². The van der Waals surface area contributed by atoms with E-state index in [1.54, 1.807) is 11.9 Å². The fourth-order valence-electron chi connectivity index (χ4n) is 1.80. The fraction of sp³-hybridized carbons (Fsp3) is 0.857. The zero-order valence-electron chi connectivity index (χ0n) is 13.1. The van der Waals surface area contributed by atoms with Crippen LogP contribution in [0.25, 0.3) is 0 Å². The van der Waals surface area contributed by atoms with Gasteiger partial charge in [0.05, 0.1) is 0 Å². The van der Waals surface area contributed by atoms with Crippen LogP contribution in [0.2, 0.25) is 0 Å². The van der Waals surface area contributed by atoms with Crippen molar-refractivity contribution in [3.63, 3.8) is 0 Å². The Kier molecular flexibility index (Phi) is 6.87. The van der Waals surface area contributed by atoms with Crippen molar-refractivity contribution in [1.29, 1.82) is 0 Å². The second-order valence-corrected chi connectivity index (χ2v) is 5.43. The Hall–Kier alpha value is -1.26. The number of carboxylic acids is 1. The van der Waals surface area contributed by atoms with Crippen LogP contribution in [-0.2, 0) is 4.79 Å². The van der Waals surface area contributed by atoms with Crippen LogP contribution in [0.5, 0.6) is 0 Å². The Bertz CT molecular complexity index is 312. The molecule has 0 aliphatic carbocycles. The van der Waals surface area contributed by atoms with Crippen LogP contribution in [0.1, 0.15) is 47.5 Å². The van der Waals surface area contributed by atoms with E-state index in [0.717, 1.165) is 12.8 Å².